The summed E-state index contributed by atoms with van der Waals surface area (Å²) in [7, 11) is 1.08. The number of nitrogens with zero attached hydrogens (tertiary/aromatic N) is 2. The lowest BCUT2D eigenvalue weighted by atomic mass is 10.00. The number of hydrazone groups is 1. The monoisotopic (exact) mass is 463 g/mol. The lowest BCUT2D eigenvalue weighted by Gasteiger charge is -2.12. The second-order valence-electron chi connectivity index (χ2n) is 6.67. The van der Waals surface area contributed by atoms with Crippen molar-refractivity contribution >= 4 is 46.6 Å². The fourth-order valence-corrected chi connectivity index (χ4v) is 3.19. The maximum absolute atomic E-state index is 11.9. The summed E-state index contributed by atoms with van der Waals surface area (Å²) in [6, 6.07) is 6.42. The molecule has 3 N–H and O–H groups in total. The van der Waals surface area contributed by atoms with Gasteiger partial charge in [-0.15, -0.1) is 0 Å². The molecular formula is C20H19Cl2N5O4. The van der Waals surface area contributed by atoms with Gasteiger partial charge in [0.2, 0.25) is 5.71 Å². The van der Waals surface area contributed by atoms with Crippen molar-refractivity contribution in [3.8, 4) is 6.07 Å². The summed E-state index contributed by atoms with van der Waals surface area (Å²) in [5.41, 5.74) is 4.21. The number of carbonyl (C=O) groups excluding carboxylic acids is 2. The van der Waals surface area contributed by atoms with Crippen LogP contribution in [0.15, 0.2) is 34.3 Å². The first-order valence-electron chi connectivity index (χ1n) is 8.98. The van der Waals surface area contributed by atoms with Gasteiger partial charge in [0.25, 0.3) is 11.5 Å². The molecule has 0 saturated heterocycles. The number of nitrogens with one attached hydrogen (secondary N) is 3. The highest BCUT2D eigenvalue weighted by molar-refractivity contribution is 6.47. The van der Waals surface area contributed by atoms with Gasteiger partial charge in [0.1, 0.15) is 6.07 Å². The zero-order valence-corrected chi connectivity index (χ0v) is 18.4. The van der Waals surface area contributed by atoms with Gasteiger partial charge >= 0.3 is 6.09 Å². The number of carbonyl (C=O) groups is 2. The van der Waals surface area contributed by atoms with Gasteiger partial charge in [0, 0.05) is 28.2 Å². The average molecular weight is 464 g/mol. The first kappa shape index (κ1) is 23.9. The van der Waals surface area contributed by atoms with Crippen LogP contribution in [0.1, 0.15) is 36.5 Å². The van der Waals surface area contributed by atoms with Gasteiger partial charge < -0.3 is 9.72 Å². The summed E-state index contributed by atoms with van der Waals surface area (Å²) in [5.74, 6) is -0.973. The molecule has 0 bridgehead atoms. The largest absolute Gasteiger partial charge is 0.453 e. The Balaban J connectivity index is 2.23. The first-order chi connectivity index (χ1) is 14.7. The molecule has 2 aromatic rings. The molecule has 1 heterocycles. The molecular weight excluding hydrogens is 445 g/mol. The minimum Gasteiger partial charge on any atom is -0.453 e. The maximum atomic E-state index is 11.9. The third-order valence-electron chi connectivity index (χ3n) is 4.15. The number of halogens is 2. The predicted molar refractivity (Wildman–Crippen MR) is 118 cm³/mol. The van der Waals surface area contributed by atoms with E-state index in [1.807, 2.05) is 25.2 Å². The molecule has 2 rings (SSSR count). The summed E-state index contributed by atoms with van der Waals surface area (Å²) < 4.78 is 4.29. The molecule has 0 saturated carbocycles. The van der Waals surface area contributed by atoms with Crippen LogP contribution in [-0.4, -0.2) is 29.8 Å². The van der Waals surface area contributed by atoms with Crippen molar-refractivity contribution in [3.63, 3.8) is 0 Å². The van der Waals surface area contributed by atoms with Crippen LogP contribution in [0.3, 0.4) is 0 Å². The Morgan fingerprint density at radius 1 is 1.26 bits per heavy atom. The van der Waals surface area contributed by atoms with Crippen molar-refractivity contribution in [3.05, 3.63) is 61.5 Å². The highest BCUT2D eigenvalue weighted by atomic mass is 35.5. The van der Waals surface area contributed by atoms with Gasteiger partial charge in [-0.2, -0.15) is 10.4 Å². The number of H-pyrrole nitrogens is 1. The van der Waals surface area contributed by atoms with E-state index in [2.05, 4.69) is 20.2 Å². The number of hydrogen-bond donors (Lipinski definition) is 3. The number of methoxy groups -OCH3 is 1. The summed E-state index contributed by atoms with van der Waals surface area (Å²) in [4.78, 5) is 37.5. The molecule has 0 unspecified atom stereocenters. The number of nitriles is 1. The molecule has 31 heavy (non-hydrogen) atoms. The summed E-state index contributed by atoms with van der Waals surface area (Å²) in [6.45, 7) is 3.85. The Labute approximate surface area is 188 Å². The van der Waals surface area contributed by atoms with Crippen LogP contribution in [0.5, 0.6) is 0 Å². The molecule has 11 heteroatoms. The second-order valence-corrected chi connectivity index (χ2v) is 7.49. The van der Waals surface area contributed by atoms with Crippen LogP contribution in [0.4, 0.5) is 10.5 Å². The van der Waals surface area contributed by atoms with E-state index in [0.717, 1.165) is 12.7 Å². The number of hydrogen-bond acceptors (Lipinski definition) is 7. The van der Waals surface area contributed by atoms with E-state index in [9.17, 15) is 14.4 Å². The van der Waals surface area contributed by atoms with E-state index < -0.39 is 17.7 Å². The topological polar surface area (TPSA) is 136 Å². The quantitative estimate of drug-likeness (QED) is 0.442. The minimum absolute atomic E-state index is 0.0600. The lowest BCUT2D eigenvalue weighted by Crippen LogP contribution is -2.35. The first-order valence-corrected chi connectivity index (χ1v) is 9.74. The van der Waals surface area contributed by atoms with Crippen LogP contribution in [0.2, 0.25) is 10.0 Å². The number of ether oxygens (including phenoxy) is 1. The Bertz CT molecular complexity index is 1110. The third kappa shape index (κ3) is 6.31. The Morgan fingerprint density at radius 3 is 2.45 bits per heavy atom. The van der Waals surface area contributed by atoms with E-state index >= 15 is 0 Å². The normalized spacial score (nSPS) is 11.1. The maximum Gasteiger partial charge on any atom is 0.413 e. The van der Waals surface area contributed by atoms with Crippen LogP contribution in [-0.2, 0) is 16.0 Å². The van der Waals surface area contributed by atoms with Crippen LogP contribution in [0, 0.1) is 11.3 Å². The van der Waals surface area contributed by atoms with E-state index in [4.69, 9.17) is 28.5 Å². The van der Waals surface area contributed by atoms with Gasteiger partial charge in [0.15, 0.2) is 0 Å². The number of pyridine rings is 1. The van der Waals surface area contributed by atoms with Gasteiger partial charge in [-0.1, -0.05) is 37.0 Å². The lowest BCUT2D eigenvalue weighted by molar-refractivity contribution is -0.114. The highest BCUT2D eigenvalue weighted by Gasteiger charge is 2.16. The predicted octanol–water partition coefficient (Wildman–Crippen LogP) is 3.57. The SMILES string of the molecule is COC(=O)NC(=O)/C(C#N)=N\Nc1cc(Cl)c(Cc2c[nH]c(=O)c(C(C)C)c2)c(Cl)c1. The molecule has 0 aliphatic rings. The van der Waals surface area contributed by atoms with Crippen molar-refractivity contribution in [2.24, 2.45) is 5.10 Å². The fraction of sp³-hybridized carbons (Fsp3) is 0.250. The number of aromatic amines is 1. The fourth-order valence-electron chi connectivity index (χ4n) is 2.57. The van der Waals surface area contributed by atoms with Crippen molar-refractivity contribution in [1.82, 2.24) is 10.3 Å². The molecule has 1 aromatic carbocycles. The van der Waals surface area contributed by atoms with Crippen molar-refractivity contribution in [2.75, 3.05) is 12.5 Å². The molecule has 9 nitrogen and oxygen atoms in total. The Morgan fingerprint density at radius 2 is 1.90 bits per heavy atom. The number of benzene rings is 1. The van der Waals surface area contributed by atoms with Gasteiger partial charge in [-0.3, -0.25) is 20.3 Å². The van der Waals surface area contributed by atoms with E-state index in [0.29, 0.717) is 33.3 Å². The second kappa shape index (κ2) is 10.6. The summed E-state index contributed by atoms with van der Waals surface area (Å²) >= 11 is 12.7. The smallest absolute Gasteiger partial charge is 0.413 e. The van der Waals surface area contributed by atoms with Gasteiger partial charge in [0.05, 0.1) is 12.8 Å². The standard InChI is InChI=1S/C20H19Cl2N5O4/c1-10(2)13-4-11(9-24-18(13)28)5-14-15(21)6-12(7-16(14)22)26-27-17(8-23)19(29)25-20(30)31-3/h4,6-7,9-10,26H,5H2,1-3H3,(H,24,28)(H,25,29,30)/b27-17-. The summed E-state index contributed by atoms with van der Waals surface area (Å²) in [5, 5.41) is 15.2. The number of aromatic nitrogens is 1. The number of anilines is 1. The Hall–Kier alpha value is -3.35. The third-order valence-corrected chi connectivity index (χ3v) is 4.83. The van der Waals surface area contributed by atoms with E-state index in [1.165, 1.54) is 12.1 Å². The van der Waals surface area contributed by atoms with Gasteiger partial charge in [-0.25, -0.2) is 4.79 Å². The van der Waals surface area contributed by atoms with Crippen LogP contribution >= 0.6 is 23.2 Å². The molecule has 162 valence electrons. The zero-order valence-electron chi connectivity index (χ0n) is 16.9. The molecule has 0 aliphatic heterocycles. The van der Waals surface area contributed by atoms with Crippen LogP contribution in [0.25, 0.3) is 0 Å². The number of amides is 2. The molecule has 0 radical (unpaired) electrons. The van der Waals surface area contributed by atoms with Crippen molar-refractivity contribution in [1.29, 1.82) is 5.26 Å². The molecule has 2 amide bonds. The number of imide groups is 1. The molecule has 0 atom stereocenters. The van der Waals surface area contributed by atoms with E-state index in [-0.39, 0.29) is 11.5 Å². The average Bonchev–Trinajstić information content (AvgIpc) is 2.71. The van der Waals surface area contributed by atoms with E-state index in [1.54, 1.807) is 12.3 Å². The molecule has 0 aliphatic carbocycles. The van der Waals surface area contributed by atoms with Crippen molar-refractivity contribution in [2.45, 2.75) is 26.2 Å². The molecule has 1 aromatic heterocycles. The molecule has 0 spiro atoms. The Kier molecular flexibility index (Phi) is 8.19. The van der Waals surface area contributed by atoms with Crippen LogP contribution < -0.4 is 16.3 Å². The highest BCUT2D eigenvalue weighted by Crippen LogP contribution is 2.31. The van der Waals surface area contributed by atoms with Crippen molar-refractivity contribution < 1.29 is 14.3 Å². The minimum atomic E-state index is -1.03. The zero-order chi connectivity index (χ0) is 23.1. The summed E-state index contributed by atoms with van der Waals surface area (Å²) in [6.07, 6.45) is 0.963. The number of alkyl carbamates (subject to hydrolysis) is 1. The number of rotatable bonds is 6. The van der Waals surface area contributed by atoms with Gasteiger partial charge in [-0.05, 0) is 35.2 Å². The molecule has 0 fully saturated rings.